The molecule has 0 aromatic carbocycles. The Balaban J connectivity index is 2.05. The minimum absolute atomic E-state index is 0.00203. The molecule has 1 fully saturated rings. The first-order valence-corrected chi connectivity index (χ1v) is 7.05. The third-order valence-electron chi connectivity index (χ3n) is 2.19. The van der Waals surface area contributed by atoms with Gasteiger partial charge in [-0.1, -0.05) is 28.0 Å². The van der Waals surface area contributed by atoms with E-state index in [1.165, 1.54) is 0 Å². The number of aromatic nitrogens is 2. The van der Waals surface area contributed by atoms with Gasteiger partial charge in [-0.3, -0.25) is 0 Å². The Kier molecular flexibility index (Phi) is 4.05. The lowest BCUT2D eigenvalue weighted by atomic mass is 10.3. The van der Waals surface area contributed by atoms with E-state index in [2.05, 4.69) is 33.0 Å². The molecule has 1 saturated heterocycles. The van der Waals surface area contributed by atoms with Crippen LogP contribution in [0.2, 0.25) is 0 Å². The molecule has 0 aliphatic carbocycles. The van der Waals surface area contributed by atoms with Crippen LogP contribution >= 0.6 is 27.7 Å². The Bertz CT molecular complexity index is 315. The largest absolute Gasteiger partial charge is 0.368 e. The number of hydrogen-bond acceptors (Lipinski definition) is 5. The minimum Gasteiger partial charge on any atom is -0.368 e. The van der Waals surface area contributed by atoms with Crippen molar-refractivity contribution in [2.24, 2.45) is 0 Å². The Labute approximate surface area is 101 Å². The maximum Gasteiger partial charge on any atom is 0.240 e. The molecule has 0 radical (unpaired) electrons. The zero-order valence-corrected chi connectivity index (χ0v) is 10.9. The summed E-state index contributed by atoms with van der Waals surface area (Å²) in [6.07, 6.45) is 0.930. The first kappa shape index (κ1) is 11.4. The first-order chi connectivity index (χ1) is 7.31. The second-order valence-electron chi connectivity index (χ2n) is 3.30. The maximum atomic E-state index is 5.57. The van der Waals surface area contributed by atoms with E-state index >= 15 is 0 Å². The fraction of sp³-hybridized carbons (Fsp3) is 0.778. The van der Waals surface area contributed by atoms with Crippen LogP contribution in [0, 0.1) is 0 Å². The highest BCUT2D eigenvalue weighted by Crippen LogP contribution is 2.28. The third-order valence-corrected chi connectivity index (χ3v) is 4.22. The minimum atomic E-state index is -0.00203. The van der Waals surface area contributed by atoms with E-state index in [4.69, 9.17) is 9.26 Å². The van der Waals surface area contributed by atoms with Crippen LogP contribution in [0.4, 0.5) is 0 Å². The summed E-state index contributed by atoms with van der Waals surface area (Å²) in [7, 11) is 0. The van der Waals surface area contributed by atoms with Crippen LogP contribution in [0.5, 0.6) is 0 Å². The summed E-state index contributed by atoms with van der Waals surface area (Å²) >= 11 is 5.34. The van der Waals surface area contributed by atoms with Crippen molar-refractivity contribution in [3.8, 4) is 0 Å². The van der Waals surface area contributed by atoms with Gasteiger partial charge in [0.1, 0.15) is 6.10 Å². The molecule has 6 heteroatoms. The van der Waals surface area contributed by atoms with Gasteiger partial charge >= 0.3 is 0 Å². The van der Waals surface area contributed by atoms with Gasteiger partial charge in [-0.25, -0.2) is 0 Å². The maximum absolute atomic E-state index is 5.57. The van der Waals surface area contributed by atoms with E-state index in [9.17, 15) is 0 Å². The molecule has 0 saturated carbocycles. The van der Waals surface area contributed by atoms with Gasteiger partial charge in [0.25, 0.3) is 0 Å². The molecular formula is C9H13BrN2O2S. The van der Waals surface area contributed by atoms with E-state index < -0.39 is 0 Å². The average molecular weight is 293 g/mol. The van der Waals surface area contributed by atoms with Gasteiger partial charge < -0.3 is 9.26 Å². The van der Waals surface area contributed by atoms with Gasteiger partial charge in [0.05, 0.1) is 11.4 Å². The third kappa shape index (κ3) is 2.73. The lowest BCUT2D eigenvalue weighted by molar-refractivity contribution is 0.0677. The molecule has 2 unspecified atom stereocenters. The molecule has 1 aromatic rings. The van der Waals surface area contributed by atoms with Crippen molar-refractivity contribution < 1.29 is 9.26 Å². The van der Waals surface area contributed by atoms with Gasteiger partial charge in [0.15, 0.2) is 0 Å². The van der Waals surface area contributed by atoms with E-state index in [1.807, 2.05) is 11.8 Å². The first-order valence-electron chi connectivity index (χ1n) is 4.98. The van der Waals surface area contributed by atoms with Crippen LogP contribution in [0.25, 0.3) is 0 Å². The standard InChI is InChI=1S/C9H13BrN2O2S/c1-2-6(10)9-11-8(12-14-9)7-5-15-4-3-13-7/h6-7H,2-5H2,1H3. The van der Waals surface area contributed by atoms with E-state index in [0.29, 0.717) is 11.7 Å². The van der Waals surface area contributed by atoms with E-state index in [0.717, 1.165) is 24.5 Å². The normalized spacial score (nSPS) is 24.0. The number of alkyl halides is 1. The lowest BCUT2D eigenvalue weighted by Gasteiger charge is -2.18. The molecule has 84 valence electrons. The number of ether oxygens (including phenoxy) is 1. The summed E-state index contributed by atoms with van der Waals surface area (Å²) in [5.74, 6) is 3.29. The molecule has 0 spiro atoms. The molecule has 4 nitrogen and oxygen atoms in total. The number of thioether (sulfide) groups is 1. The summed E-state index contributed by atoms with van der Waals surface area (Å²) in [6.45, 7) is 2.83. The SMILES string of the molecule is CCC(Br)c1nc(C2CSCCO2)no1. The van der Waals surface area contributed by atoms with Gasteiger partial charge in [-0.05, 0) is 6.42 Å². The fourth-order valence-corrected chi connectivity index (χ4v) is 2.34. The van der Waals surface area contributed by atoms with Crippen LogP contribution in [0.3, 0.4) is 0 Å². The predicted molar refractivity (Wildman–Crippen MR) is 62.3 cm³/mol. The van der Waals surface area contributed by atoms with Crippen molar-refractivity contribution in [2.75, 3.05) is 18.1 Å². The van der Waals surface area contributed by atoms with Crippen molar-refractivity contribution in [2.45, 2.75) is 24.3 Å². The molecule has 2 rings (SSSR count). The highest BCUT2D eigenvalue weighted by molar-refractivity contribution is 9.09. The molecular weight excluding hydrogens is 280 g/mol. The Morgan fingerprint density at radius 3 is 3.20 bits per heavy atom. The smallest absolute Gasteiger partial charge is 0.240 e. The van der Waals surface area contributed by atoms with Crippen LogP contribution in [0.1, 0.15) is 36.0 Å². The summed E-state index contributed by atoms with van der Waals surface area (Å²) in [5, 5.41) is 3.95. The molecule has 2 atom stereocenters. The topological polar surface area (TPSA) is 48.2 Å². The predicted octanol–water partition coefficient (Wildman–Crippen LogP) is 2.72. The van der Waals surface area contributed by atoms with Gasteiger partial charge in [0.2, 0.25) is 11.7 Å². The van der Waals surface area contributed by atoms with Crippen molar-refractivity contribution in [3.05, 3.63) is 11.7 Å². The quantitative estimate of drug-likeness (QED) is 0.802. The van der Waals surface area contributed by atoms with Crippen LogP contribution in [-0.2, 0) is 4.74 Å². The fourth-order valence-electron chi connectivity index (χ4n) is 1.32. The van der Waals surface area contributed by atoms with Gasteiger partial charge in [-0.15, -0.1) is 0 Å². The van der Waals surface area contributed by atoms with Crippen molar-refractivity contribution in [1.29, 1.82) is 0 Å². The van der Waals surface area contributed by atoms with Crippen LogP contribution in [-0.4, -0.2) is 28.3 Å². The molecule has 15 heavy (non-hydrogen) atoms. The second-order valence-corrected chi connectivity index (χ2v) is 5.56. The molecule has 0 bridgehead atoms. The second kappa shape index (κ2) is 5.32. The van der Waals surface area contributed by atoms with Crippen LogP contribution < -0.4 is 0 Å². The highest BCUT2D eigenvalue weighted by Gasteiger charge is 2.23. The number of halogens is 1. The summed E-state index contributed by atoms with van der Waals surface area (Å²) in [5.41, 5.74) is 0. The van der Waals surface area contributed by atoms with Crippen LogP contribution in [0.15, 0.2) is 4.52 Å². The Hall–Kier alpha value is -0.0700. The van der Waals surface area contributed by atoms with Crippen molar-refractivity contribution in [1.82, 2.24) is 10.1 Å². The molecule has 0 amide bonds. The molecule has 0 N–H and O–H groups in total. The number of nitrogens with zero attached hydrogens (tertiary/aromatic N) is 2. The molecule has 2 heterocycles. The summed E-state index contributed by atoms with van der Waals surface area (Å²) in [4.78, 5) is 4.49. The number of hydrogen-bond donors (Lipinski definition) is 0. The van der Waals surface area contributed by atoms with E-state index in [-0.39, 0.29) is 10.9 Å². The summed E-state index contributed by atoms with van der Waals surface area (Å²) < 4.78 is 10.7. The van der Waals surface area contributed by atoms with Crippen molar-refractivity contribution >= 4 is 27.7 Å². The molecule has 1 aromatic heterocycles. The zero-order valence-electron chi connectivity index (χ0n) is 8.48. The Morgan fingerprint density at radius 1 is 1.67 bits per heavy atom. The monoisotopic (exact) mass is 292 g/mol. The highest BCUT2D eigenvalue weighted by atomic mass is 79.9. The lowest BCUT2D eigenvalue weighted by Crippen LogP contribution is -2.16. The van der Waals surface area contributed by atoms with Crippen molar-refractivity contribution in [3.63, 3.8) is 0 Å². The molecule has 1 aliphatic heterocycles. The zero-order chi connectivity index (χ0) is 10.7. The average Bonchev–Trinajstić information content (AvgIpc) is 2.78. The number of rotatable bonds is 3. The van der Waals surface area contributed by atoms with E-state index in [1.54, 1.807) is 0 Å². The van der Waals surface area contributed by atoms with Gasteiger partial charge in [0, 0.05) is 11.5 Å². The van der Waals surface area contributed by atoms with Gasteiger partial charge in [-0.2, -0.15) is 16.7 Å². The Morgan fingerprint density at radius 2 is 2.53 bits per heavy atom. The summed E-state index contributed by atoms with van der Waals surface area (Å²) in [6, 6.07) is 0. The molecule has 1 aliphatic rings.